The lowest BCUT2D eigenvalue weighted by Gasteiger charge is -2.15. The second-order valence-corrected chi connectivity index (χ2v) is 4.50. The predicted molar refractivity (Wildman–Crippen MR) is 75.0 cm³/mol. The van der Waals surface area contributed by atoms with Crippen LogP contribution in [0.4, 0.5) is 5.82 Å². The molecule has 0 saturated heterocycles. The average molecular weight is 258 g/mol. The number of ether oxygens (including phenoxy) is 1. The number of nitrogens with two attached hydrogens (primary N) is 1. The topological polar surface area (TPSA) is 68.4 Å². The zero-order chi connectivity index (χ0) is 13.8. The van der Waals surface area contributed by atoms with Gasteiger partial charge in [-0.3, -0.25) is 0 Å². The monoisotopic (exact) mass is 258 g/mol. The third-order valence-corrected chi connectivity index (χ3v) is 3.14. The molecule has 0 saturated carbocycles. The van der Waals surface area contributed by atoms with E-state index in [0.717, 1.165) is 16.9 Å². The molecule has 0 amide bonds. The number of aliphatic hydroxyl groups is 1. The van der Waals surface area contributed by atoms with E-state index in [1.165, 1.54) is 0 Å². The van der Waals surface area contributed by atoms with E-state index >= 15 is 0 Å². The molecule has 1 aromatic carbocycles. The van der Waals surface area contributed by atoms with Gasteiger partial charge in [-0.15, -0.1) is 0 Å². The molecule has 0 bridgehead atoms. The van der Waals surface area contributed by atoms with E-state index in [9.17, 15) is 5.11 Å². The Morgan fingerprint density at radius 1 is 1.37 bits per heavy atom. The first-order chi connectivity index (χ1) is 9.11. The Hall–Kier alpha value is -2.07. The first kappa shape index (κ1) is 13.4. The molecule has 2 rings (SSSR count). The molecule has 3 N–H and O–H groups in total. The number of anilines is 1. The lowest BCUT2D eigenvalue weighted by atomic mass is 9.98. The molecule has 100 valence electrons. The quantitative estimate of drug-likeness (QED) is 0.882. The summed E-state index contributed by atoms with van der Waals surface area (Å²) >= 11 is 0. The maximum atomic E-state index is 10.3. The van der Waals surface area contributed by atoms with E-state index in [0.29, 0.717) is 17.8 Å². The average Bonchev–Trinajstić information content (AvgIpc) is 2.38. The Morgan fingerprint density at radius 3 is 2.84 bits per heavy atom. The second-order valence-electron chi connectivity index (χ2n) is 4.50. The highest BCUT2D eigenvalue weighted by Crippen LogP contribution is 2.26. The van der Waals surface area contributed by atoms with Crippen LogP contribution >= 0.6 is 0 Å². The molecule has 0 aliphatic heterocycles. The predicted octanol–water partition coefficient (Wildman–Crippen LogP) is 2.26. The van der Waals surface area contributed by atoms with Crippen LogP contribution in [0.1, 0.15) is 22.8 Å². The van der Waals surface area contributed by atoms with Gasteiger partial charge >= 0.3 is 0 Å². The summed E-state index contributed by atoms with van der Waals surface area (Å²) in [5, 5.41) is 10.3. The maximum absolute atomic E-state index is 10.3. The van der Waals surface area contributed by atoms with E-state index in [4.69, 9.17) is 10.5 Å². The lowest BCUT2D eigenvalue weighted by Crippen LogP contribution is -2.09. The molecular formula is C15H18N2O2. The number of methoxy groups -OCH3 is 1. The summed E-state index contributed by atoms with van der Waals surface area (Å²) in [7, 11) is 1.62. The van der Waals surface area contributed by atoms with Gasteiger partial charge in [0.05, 0.1) is 13.2 Å². The van der Waals surface area contributed by atoms with Crippen molar-refractivity contribution < 1.29 is 9.84 Å². The van der Waals surface area contributed by atoms with Gasteiger partial charge < -0.3 is 15.6 Å². The van der Waals surface area contributed by atoms with E-state index < -0.39 is 6.10 Å². The van der Waals surface area contributed by atoms with Gasteiger partial charge in [-0.1, -0.05) is 12.1 Å². The van der Waals surface area contributed by atoms with Crippen molar-refractivity contribution in [2.75, 3.05) is 12.8 Å². The molecule has 1 aromatic heterocycles. The molecule has 4 nitrogen and oxygen atoms in total. The summed E-state index contributed by atoms with van der Waals surface area (Å²) in [4.78, 5) is 4.03. The molecule has 0 radical (unpaired) electrons. The number of benzene rings is 1. The number of nitrogens with zero attached hydrogens (tertiary/aromatic N) is 1. The van der Waals surface area contributed by atoms with Gasteiger partial charge in [-0.05, 0) is 36.2 Å². The first-order valence-corrected chi connectivity index (χ1v) is 6.13. The van der Waals surface area contributed by atoms with E-state index in [-0.39, 0.29) is 0 Å². The van der Waals surface area contributed by atoms with Crippen LogP contribution in [0.15, 0.2) is 36.5 Å². The minimum Gasteiger partial charge on any atom is -0.497 e. The number of hydrogen-bond donors (Lipinski definition) is 2. The van der Waals surface area contributed by atoms with Gasteiger partial charge in [-0.2, -0.15) is 0 Å². The molecule has 2 aromatic rings. The molecule has 0 aliphatic rings. The lowest BCUT2D eigenvalue weighted by molar-refractivity contribution is 0.178. The highest BCUT2D eigenvalue weighted by molar-refractivity contribution is 5.46. The maximum Gasteiger partial charge on any atom is 0.129 e. The third-order valence-electron chi connectivity index (χ3n) is 3.14. The fraction of sp³-hybridized carbons (Fsp3) is 0.267. The highest BCUT2D eigenvalue weighted by atomic mass is 16.5. The van der Waals surface area contributed by atoms with Crippen molar-refractivity contribution in [3.63, 3.8) is 0 Å². The Balaban J connectivity index is 2.23. The molecule has 1 atom stereocenters. The molecule has 19 heavy (non-hydrogen) atoms. The van der Waals surface area contributed by atoms with Crippen molar-refractivity contribution >= 4 is 5.82 Å². The summed E-state index contributed by atoms with van der Waals surface area (Å²) in [6.45, 7) is 1.92. The van der Waals surface area contributed by atoms with Crippen LogP contribution in [-0.2, 0) is 6.42 Å². The van der Waals surface area contributed by atoms with Gasteiger partial charge in [-0.25, -0.2) is 4.98 Å². The number of aromatic nitrogens is 1. The highest BCUT2D eigenvalue weighted by Gasteiger charge is 2.15. The summed E-state index contributed by atoms with van der Waals surface area (Å²) in [5.41, 5.74) is 8.48. The SMILES string of the molecule is COc1cccc(CC(O)c2c(C)ccnc2N)c1. The van der Waals surface area contributed by atoms with E-state index in [2.05, 4.69) is 4.98 Å². The molecule has 4 heteroatoms. The van der Waals surface area contributed by atoms with Gasteiger partial charge in [0.15, 0.2) is 0 Å². The molecular weight excluding hydrogens is 240 g/mol. The number of aliphatic hydroxyl groups excluding tert-OH is 1. The van der Waals surface area contributed by atoms with Gasteiger partial charge in [0.1, 0.15) is 11.6 Å². The largest absolute Gasteiger partial charge is 0.497 e. The normalized spacial score (nSPS) is 12.2. The molecule has 1 heterocycles. The van der Waals surface area contributed by atoms with Crippen molar-refractivity contribution in [3.8, 4) is 5.75 Å². The Labute approximate surface area is 112 Å². The standard InChI is InChI=1S/C15H18N2O2/c1-10-6-7-17-15(16)14(10)13(18)9-11-4-3-5-12(8-11)19-2/h3-8,13,18H,9H2,1-2H3,(H2,16,17). The van der Waals surface area contributed by atoms with E-state index in [1.54, 1.807) is 13.3 Å². The van der Waals surface area contributed by atoms with Crippen LogP contribution in [0.25, 0.3) is 0 Å². The van der Waals surface area contributed by atoms with Crippen LogP contribution < -0.4 is 10.5 Å². The molecule has 0 spiro atoms. The van der Waals surface area contributed by atoms with Crippen molar-refractivity contribution in [2.24, 2.45) is 0 Å². The summed E-state index contributed by atoms with van der Waals surface area (Å²) in [6, 6.07) is 9.49. The van der Waals surface area contributed by atoms with Crippen molar-refractivity contribution in [2.45, 2.75) is 19.4 Å². The summed E-state index contributed by atoms with van der Waals surface area (Å²) < 4.78 is 5.17. The zero-order valence-corrected chi connectivity index (χ0v) is 11.1. The van der Waals surface area contributed by atoms with Gasteiger partial charge in [0.25, 0.3) is 0 Å². The fourth-order valence-electron chi connectivity index (χ4n) is 2.15. The number of rotatable bonds is 4. The number of aryl methyl sites for hydroxylation is 1. The van der Waals surface area contributed by atoms with Crippen LogP contribution in [0.3, 0.4) is 0 Å². The third kappa shape index (κ3) is 3.03. The van der Waals surface area contributed by atoms with Crippen molar-refractivity contribution in [3.05, 3.63) is 53.2 Å². The second kappa shape index (κ2) is 5.71. The van der Waals surface area contributed by atoms with Crippen molar-refractivity contribution in [1.82, 2.24) is 4.98 Å². The van der Waals surface area contributed by atoms with Crippen LogP contribution in [-0.4, -0.2) is 17.2 Å². The van der Waals surface area contributed by atoms with E-state index in [1.807, 2.05) is 37.3 Å². The molecule has 1 unspecified atom stereocenters. The van der Waals surface area contributed by atoms with Crippen LogP contribution in [0.2, 0.25) is 0 Å². The number of pyridine rings is 1. The smallest absolute Gasteiger partial charge is 0.129 e. The zero-order valence-electron chi connectivity index (χ0n) is 11.1. The summed E-state index contributed by atoms with van der Waals surface area (Å²) in [5.74, 6) is 1.16. The van der Waals surface area contributed by atoms with Crippen molar-refractivity contribution in [1.29, 1.82) is 0 Å². The Bertz CT molecular complexity index is 550. The van der Waals surface area contributed by atoms with Crippen LogP contribution in [0.5, 0.6) is 5.75 Å². The Morgan fingerprint density at radius 2 is 2.16 bits per heavy atom. The van der Waals surface area contributed by atoms with Crippen LogP contribution in [0, 0.1) is 6.92 Å². The minimum absolute atomic E-state index is 0.385. The minimum atomic E-state index is -0.666. The number of nitrogen functional groups attached to an aromatic ring is 1. The first-order valence-electron chi connectivity index (χ1n) is 6.13. The molecule has 0 fully saturated rings. The summed E-state index contributed by atoms with van der Waals surface area (Å²) in [6.07, 6.45) is 1.46. The van der Waals surface area contributed by atoms with Gasteiger partial charge in [0, 0.05) is 18.2 Å². The van der Waals surface area contributed by atoms with Gasteiger partial charge in [0.2, 0.25) is 0 Å². The molecule has 0 aliphatic carbocycles. The Kier molecular flexibility index (Phi) is 4.02. The fourth-order valence-corrected chi connectivity index (χ4v) is 2.15. The number of hydrogen-bond acceptors (Lipinski definition) is 4.